The van der Waals surface area contributed by atoms with Crippen LogP contribution in [0.3, 0.4) is 0 Å². The van der Waals surface area contributed by atoms with Crippen LogP contribution < -0.4 is 15.4 Å². The number of halogens is 1. The number of amides is 1. The van der Waals surface area contributed by atoms with Gasteiger partial charge < -0.3 is 20.1 Å². The van der Waals surface area contributed by atoms with E-state index >= 15 is 0 Å². The van der Waals surface area contributed by atoms with Gasteiger partial charge in [0.15, 0.2) is 6.61 Å². The zero-order valence-electron chi connectivity index (χ0n) is 15.7. The standard InChI is InChI=1S/C19H28N2O4.ClH/c1-13(15-5-4-8-20-11-15)10-18(22)21-17-7-6-16(9-14(17)2)25-12-19(23)24-3;/h6-7,9,13,15,20H,4-5,8,10-12H2,1-3H3,(H,21,22);1H. The average molecular weight is 385 g/mol. The molecule has 0 bridgehead atoms. The smallest absolute Gasteiger partial charge is 0.343 e. The molecule has 2 unspecified atom stereocenters. The van der Waals surface area contributed by atoms with Crippen LogP contribution >= 0.6 is 12.4 Å². The number of hydrogen-bond acceptors (Lipinski definition) is 5. The van der Waals surface area contributed by atoms with Crippen LogP contribution in [0, 0.1) is 18.8 Å². The van der Waals surface area contributed by atoms with E-state index in [1.807, 2.05) is 6.92 Å². The van der Waals surface area contributed by atoms with E-state index in [1.165, 1.54) is 20.0 Å². The maximum atomic E-state index is 12.3. The Morgan fingerprint density at radius 1 is 1.38 bits per heavy atom. The molecule has 2 rings (SSSR count). The molecular formula is C19H29ClN2O4. The molecule has 1 aliphatic heterocycles. The van der Waals surface area contributed by atoms with Gasteiger partial charge in [0.05, 0.1) is 7.11 Å². The molecule has 0 aliphatic carbocycles. The van der Waals surface area contributed by atoms with Gasteiger partial charge in [-0.1, -0.05) is 6.92 Å². The van der Waals surface area contributed by atoms with Crippen LogP contribution in [0.1, 0.15) is 31.7 Å². The predicted octanol–water partition coefficient (Wildman–Crippen LogP) is 2.93. The third-order valence-corrected chi connectivity index (χ3v) is 4.70. The lowest BCUT2D eigenvalue weighted by molar-refractivity contribution is -0.142. The molecular weight excluding hydrogens is 356 g/mol. The molecule has 1 aliphatic rings. The molecule has 26 heavy (non-hydrogen) atoms. The first-order valence-electron chi connectivity index (χ1n) is 8.80. The third kappa shape index (κ3) is 6.84. The van der Waals surface area contributed by atoms with Crippen LogP contribution in [0.15, 0.2) is 18.2 Å². The van der Waals surface area contributed by atoms with E-state index in [2.05, 4.69) is 22.3 Å². The molecule has 6 nitrogen and oxygen atoms in total. The summed E-state index contributed by atoms with van der Waals surface area (Å²) < 4.78 is 9.89. The van der Waals surface area contributed by atoms with Crippen molar-refractivity contribution in [1.29, 1.82) is 0 Å². The number of nitrogens with one attached hydrogen (secondary N) is 2. The Kier molecular flexibility index (Phi) is 9.44. The summed E-state index contributed by atoms with van der Waals surface area (Å²) in [4.78, 5) is 23.4. The highest BCUT2D eigenvalue weighted by Gasteiger charge is 2.22. The Morgan fingerprint density at radius 2 is 2.15 bits per heavy atom. The summed E-state index contributed by atoms with van der Waals surface area (Å²) >= 11 is 0. The van der Waals surface area contributed by atoms with Crippen molar-refractivity contribution in [2.45, 2.75) is 33.1 Å². The third-order valence-electron chi connectivity index (χ3n) is 4.70. The summed E-state index contributed by atoms with van der Waals surface area (Å²) in [5, 5.41) is 6.38. The van der Waals surface area contributed by atoms with E-state index in [9.17, 15) is 9.59 Å². The number of hydrogen-bond donors (Lipinski definition) is 2. The largest absolute Gasteiger partial charge is 0.482 e. The Labute approximate surface area is 161 Å². The minimum absolute atomic E-state index is 0. The number of carbonyl (C=O) groups is 2. The fourth-order valence-electron chi connectivity index (χ4n) is 3.09. The monoisotopic (exact) mass is 384 g/mol. The molecule has 146 valence electrons. The fraction of sp³-hybridized carbons (Fsp3) is 0.579. The molecule has 1 saturated heterocycles. The first kappa shape index (κ1) is 22.3. The number of piperidine rings is 1. The summed E-state index contributed by atoms with van der Waals surface area (Å²) in [7, 11) is 1.32. The van der Waals surface area contributed by atoms with Gasteiger partial charge in [0.2, 0.25) is 5.91 Å². The van der Waals surface area contributed by atoms with E-state index in [1.54, 1.807) is 18.2 Å². The van der Waals surface area contributed by atoms with E-state index in [4.69, 9.17) is 4.74 Å². The van der Waals surface area contributed by atoms with Gasteiger partial charge in [-0.05, 0) is 68.5 Å². The zero-order valence-corrected chi connectivity index (χ0v) is 16.5. The van der Waals surface area contributed by atoms with Gasteiger partial charge in [0.25, 0.3) is 0 Å². The highest BCUT2D eigenvalue weighted by molar-refractivity contribution is 5.91. The van der Waals surface area contributed by atoms with Gasteiger partial charge in [-0.15, -0.1) is 12.4 Å². The van der Waals surface area contributed by atoms with E-state index in [-0.39, 0.29) is 24.9 Å². The van der Waals surface area contributed by atoms with Gasteiger partial charge in [-0.3, -0.25) is 4.79 Å². The van der Waals surface area contributed by atoms with Crippen molar-refractivity contribution in [2.75, 3.05) is 32.1 Å². The maximum absolute atomic E-state index is 12.3. The van der Waals surface area contributed by atoms with Gasteiger partial charge in [-0.2, -0.15) is 0 Å². The second-order valence-electron chi connectivity index (χ2n) is 6.68. The van der Waals surface area contributed by atoms with Crippen molar-refractivity contribution in [2.24, 2.45) is 11.8 Å². The summed E-state index contributed by atoms with van der Waals surface area (Å²) in [5.41, 5.74) is 1.66. The Balaban J connectivity index is 0.00000338. The lowest BCUT2D eigenvalue weighted by atomic mass is 9.85. The average Bonchev–Trinajstić information content (AvgIpc) is 2.62. The lowest BCUT2D eigenvalue weighted by Gasteiger charge is -2.28. The van der Waals surface area contributed by atoms with Crippen molar-refractivity contribution < 1.29 is 19.1 Å². The molecule has 2 N–H and O–H groups in total. The molecule has 1 aromatic rings. The fourth-order valence-corrected chi connectivity index (χ4v) is 3.09. The van der Waals surface area contributed by atoms with Crippen LogP contribution in [-0.2, 0) is 14.3 Å². The minimum Gasteiger partial charge on any atom is -0.482 e. The number of esters is 1. The minimum atomic E-state index is -0.429. The van der Waals surface area contributed by atoms with Crippen molar-refractivity contribution in [3.8, 4) is 5.75 Å². The van der Waals surface area contributed by atoms with Crippen LogP contribution in [-0.4, -0.2) is 38.7 Å². The Morgan fingerprint density at radius 3 is 2.77 bits per heavy atom. The highest BCUT2D eigenvalue weighted by Crippen LogP contribution is 2.25. The molecule has 1 fully saturated rings. The molecule has 1 amide bonds. The Bertz CT molecular complexity index is 603. The number of methoxy groups -OCH3 is 1. The number of carbonyl (C=O) groups excluding carboxylic acids is 2. The van der Waals surface area contributed by atoms with E-state index in [0.717, 1.165) is 24.3 Å². The van der Waals surface area contributed by atoms with Crippen LogP contribution in [0.5, 0.6) is 5.75 Å². The van der Waals surface area contributed by atoms with Crippen molar-refractivity contribution in [1.82, 2.24) is 5.32 Å². The van der Waals surface area contributed by atoms with E-state index in [0.29, 0.717) is 24.0 Å². The van der Waals surface area contributed by atoms with Crippen LogP contribution in [0.2, 0.25) is 0 Å². The summed E-state index contributed by atoms with van der Waals surface area (Å²) in [5.74, 6) is 1.10. The quantitative estimate of drug-likeness (QED) is 0.707. The van der Waals surface area contributed by atoms with Crippen molar-refractivity contribution in [3.63, 3.8) is 0 Å². The Hall–Kier alpha value is -1.79. The number of ether oxygens (including phenoxy) is 2. The van der Waals surface area contributed by atoms with Gasteiger partial charge in [-0.25, -0.2) is 4.79 Å². The molecule has 1 heterocycles. The van der Waals surface area contributed by atoms with Gasteiger partial charge >= 0.3 is 5.97 Å². The molecule has 7 heteroatoms. The molecule has 0 radical (unpaired) electrons. The van der Waals surface area contributed by atoms with Crippen molar-refractivity contribution >= 4 is 30.0 Å². The van der Waals surface area contributed by atoms with Crippen molar-refractivity contribution in [3.05, 3.63) is 23.8 Å². The number of benzene rings is 1. The summed E-state index contributed by atoms with van der Waals surface area (Å²) in [6.45, 7) is 6.00. The maximum Gasteiger partial charge on any atom is 0.343 e. The highest BCUT2D eigenvalue weighted by atomic mass is 35.5. The predicted molar refractivity (Wildman–Crippen MR) is 104 cm³/mol. The molecule has 2 atom stereocenters. The zero-order chi connectivity index (χ0) is 18.2. The number of anilines is 1. The van der Waals surface area contributed by atoms with Gasteiger partial charge in [0.1, 0.15) is 5.75 Å². The summed E-state index contributed by atoms with van der Waals surface area (Å²) in [6.07, 6.45) is 2.89. The summed E-state index contributed by atoms with van der Waals surface area (Å²) in [6, 6.07) is 5.33. The molecule has 0 saturated carbocycles. The molecule has 0 aromatic heterocycles. The SMILES string of the molecule is COC(=O)COc1ccc(NC(=O)CC(C)C2CCCNC2)c(C)c1.Cl. The molecule has 0 spiro atoms. The normalized spacial score (nSPS) is 17.6. The van der Waals surface area contributed by atoms with E-state index < -0.39 is 5.97 Å². The first-order valence-corrected chi connectivity index (χ1v) is 8.80. The lowest BCUT2D eigenvalue weighted by Crippen LogP contribution is -2.34. The first-order chi connectivity index (χ1) is 12.0. The van der Waals surface area contributed by atoms with Gasteiger partial charge in [0, 0.05) is 12.1 Å². The molecule has 1 aromatic carbocycles. The van der Waals surface area contributed by atoms with Crippen LogP contribution in [0.4, 0.5) is 5.69 Å². The second-order valence-corrected chi connectivity index (χ2v) is 6.68. The topological polar surface area (TPSA) is 76.7 Å². The second kappa shape index (κ2) is 11.0. The van der Waals surface area contributed by atoms with Crippen LogP contribution in [0.25, 0.3) is 0 Å². The number of rotatable bonds is 7. The number of aryl methyl sites for hydroxylation is 1.